The fourth-order valence-electron chi connectivity index (χ4n) is 3.13. The van der Waals surface area contributed by atoms with Crippen molar-refractivity contribution in [2.75, 3.05) is 5.32 Å². The number of fused-ring (bicyclic) bond motifs is 1. The summed E-state index contributed by atoms with van der Waals surface area (Å²) in [7, 11) is 0. The van der Waals surface area contributed by atoms with Crippen LogP contribution in [0.25, 0.3) is 0 Å². The molecular weight excluding hydrogens is 344 g/mol. The fourth-order valence-corrected chi connectivity index (χ4v) is 4.62. The Morgan fingerprint density at radius 1 is 1.33 bits per heavy atom. The maximum Gasteiger partial charge on any atom is 0.256 e. The van der Waals surface area contributed by atoms with Crippen LogP contribution in [0.15, 0.2) is 24.3 Å². The summed E-state index contributed by atoms with van der Waals surface area (Å²) in [5.74, 6) is -0.106. The van der Waals surface area contributed by atoms with Crippen molar-refractivity contribution in [3.8, 4) is 0 Å². The molecule has 126 valence electrons. The molecule has 1 heterocycles. The highest BCUT2D eigenvalue weighted by Crippen LogP contribution is 2.40. The Hall–Kier alpha value is -1.85. The molecule has 24 heavy (non-hydrogen) atoms. The zero-order chi connectivity index (χ0) is 17.3. The van der Waals surface area contributed by atoms with E-state index in [4.69, 9.17) is 17.3 Å². The van der Waals surface area contributed by atoms with E-state index < -0.39 is 5.91 Å². The Morgan fingerprint density at radius 2 is 2.04 bits per heavy atom. The highest BCUT2D eigenvalue weighted by atomic mass is 35.5. The molecule has 1 aromatic carbocycles. The normalized spacial score (nSPS) is 16.5. The SMILES string of the molecule is CCC1CCc2c(sc(NC(=O)c3ccc(Cl)cc3)c2C(N)=O)C1. The number of benzene rings is 1. The van der Waals surface area contributed by atoms with Crippen molar-refractivity contribution in [2.45, 2.75) is 32.6 Å². The third-order valence-electron chi connectivity index (χ3n) is 4.52. The van der Waals surface area contributed by atoms with Gasteiger partial charge in [0.2, 0.25) is 0 Å². The smallest absolute Gasteiger partial charge is 0.256 e. The largest absolute Gasteiger partial charge is 0.365 e. The Balaban J connectivity index is 1.90. The van der Waals surface area contributed by atoms with Crippen LogP contribution in [0.1, 0.15) is 50.9 Å². The molecule has 0 spiro atoms. The number of rotatable bonds is 4. The predicted molar refractivity (Wildman–Crippen MR) is 98.0 cm³/mol. The number of halogens is 1. The summed E-state index contributed by atoms with van der Waals surface area (Å²) in [6.07, 6.45) is 3.98. The lowest BCUT2D eigenvalue weighted by Gasteiger charge is -2.20. The minimum Gasteiger partial charge on any atom is -0.365 e. The van der Waals surface area contributed by atoms with Gasteiger partial charge in [-0.05, 0) is 55.0 Å². The van der Waals surface area contributed by atoms with Gasteiger partial charge in [-0.25, -0.2) is 0 Å². The summed E-state index contributed by atoms with van der Waals surface area (Å²) < 4.78 is 0. The molecule has 6 heteroatoms. The number of hydrogen-bond donors (Lipinski definition) is 2. The van der Waals surface area contributed by atoms with Crippen LogP contribution in [0.2, 0.25) is 5.02 Å². The highest BCUT2D eigenvalue weighted by Gasteiger charge is 2.28. The van der Waals surface area contributed by atoms with Gasteiger partial charge in [-0.2, -0.15) is 0 Å². The van der Waals surface area contributed by atoms with Gasteiger partial charge in [-0.3, -0.25) is 9.59 Å². The second kappa shape index (κ2) is 6.95. The molecule has 3 rings (SSSR count). The molecule has 2 aromatic rings. The number of amides is 2. The van der Waals surface area contributed by atoms with Gasteiger partial charge in [-0.1, -0.05) is 24.9 Å². The van der Waals surface area contributed by atoms with Gasteiger partial charge in [0, 0.05) is 15.5 Å². The van der Waals surface area contributed by atoms with Gasteiger partial charge in [0.05, 0.1) is 5.56 Å². The number of nitrogens with one attached hydrogen (secondary N) is 1. The van der Waals surface area contributed by atoms with E-state index in [1.165, 1.54) is 16.2 Å². The zero-order valence-electron chi connectivity index (χ0n) is 13.4. The van der Waals surface area contributed by atoms with Crippen LogP contribution in [0.5, 0.6) is 0 Å². The quantitative estimate of drug-likeness (QED) is 0.852. The van der Waals surface area contributed by atoms with Crippen LogP contribution in [0, 0.1) is 5.92 Å². The number of carbonyl (C=O) groups is 2. The fraction of sp³-hybridized carbons (Fsp3) is 0.333. The average molecular weight is 363 g/mol. The number of thiophene rings is 1. The number of carbonyl (C=O) groups excluding carboxylic acids is 2. The number of primary amides is 1. The first kappa shape index (κ1) is 17.0. The molecule has 0 saturated carbocycles. The van der Waals surface area contributed by atoms with Crippen molar-refractivity contribution in [1.29, 1.82) is 0 Å². The summed E-state index contributed by atoms with van der Waals surface area (Å²) in [5.41, 5.74) is 7.57. The first-order chi connectivity index (χ1) is 11.5. The van der Waals surface area contributed by atoms with E-state index in [1.807, 2.05) is 0 Å². The lowest BCUT2D eigenvalue weighted by Crippen LogP contribution is -2.19. The van der Waals surface area contributed by atoms with E-state index >= 15 is 0 Å². The predicted octanol–water partition coefficient (Wildman–Crippen LogP) is 4.27. The number of hydrogen-bond acceptors (Lipinski definition) is 3. The van der Waals surface area contributed by atoms with Crippen LogP contribution in [0.4, 0.5) is 5.00 Å². The maximum absolute atomic E-state index is 12.4. The lowest BCUT2D eigenvalue weighted by molar-refractivity contribution is 0.1000. The van der Waals surface area contributed by atoms with Gasteiger partial charge < -0.3 is 11.1 Å². The van der Waals surface area contributed by atoms with Crippen LogP contribution in [-0.4, -0.2) is 11.8 Å². The Bertz CT molecular complexity index is 783. The van der Waals surface area contributed by atoms with E-state index in [0.29, 0.717) is 27.1 Å². The van der Waals surface area contributed by atoms with Crippen molar-refractivity contribution in [3.63, 3.8) is 0 Å². The van der Waals surface area contributed by atoms with Crippen molar-refractivity contribution < 1.29 is 9.59 Å². The van der Waals surface area contributed by atoms with E-state index in [-0.39, 0.29) is 5.91 Å². The van der Waals surface area contributed by atoms with Crippen LogP contribution < -0.4 is 11.1 Å². The summed E-state index contributed by atoms with van der Waals surface area (Å²) in [5, 5.41) is 3.98. The summed E-state index contributed by atoms with van der Waals surface area (Å²) in [6, 6.07) is 6.64. The lowest BCUT2D eigenvalue weighted by atomic mass is 9.85. The topological polar surface area (TPSA) is 72.2 Å². The molecule has 0 aliphatic heterocycles. The Kier molecular flexibility index (Phi) is 4.92. The molecule has 4 nitrogen and oxygen atoms in total. The monoisotopic (exact) mass is 362 g/mol. The van der Waals surface area contributed by atoms with E-state index in [2.05, 4.69) is 12.2 Å². The minimum atomic E-state index is -0.478. The van der Waals surface area contributed by atoms with Gasteiger partial charge >= 0.3 is 0 Å². The third kappa shape index (κ3) is 3.32. The molecule has 1 aromatic heterocycles. The first-order valence-corrected chi connectivity index (χ1v) is 9.20. The Morgan fingerprint density at radius 3 is 2.67 bits per heavy atom. The van der Waals surface area contributed by atoms with E-state index in [0.717, 1.165) is 31.2 Å². The summed E-state index contributed by atoms with van der Waals surface area (Å²) in [6.45, 7) is 2.18. The summed E-state index contributed by atoms with van der Waals surface area (Å²) in [4.78, 5) is 25.5. The molecule has 1 atom stereocenters. The van der Waals surface area contributed by atoms with Gasteiger partial charge in [-0.15, -0.1) is 11.3 Å². The maximum atomic E-state index is 12.4. The Labute approximate surface area is 150 Å². The minimum absolute atomic E-state index is 0.264. The number of anilines is 1. The first-order valence-electron chi connectivity index (χ1n) is 8.00. The standard InChI is InChI=1S/C18H19ClN2O2S/c1-2-10-3-8-13-14(9-10)24-18(15(13)16(20)22)21-17(23)11-4-6-12(19)7-5-11/h4-7,10H,2-3,8-9H2,1H3,(H2,20,22)(H,21,23). The van der Waals surface area contributed by atoms with Crippen LogP contribution in [0.3, 0.4) is 0 Å². The summed E-state index contributed by atoms with van der Waals surface area (Å²) >= 11 is 7.33. The van der Waals surface area contributed by atoms with Gasteiger partial charge in [0.25, 0.3) is 11.8 Å². The molecule has 0 bridgehead atoms. The molecule has 0 radical (unpaired) electrons. The van der Waals surface area contributed by atoms with Crippen LogP contribution >= 0.6 is 22.9 Å². The highest BCUT2D eigenvalue weighted by molar-refractivity contribution is 7.17. The molecule has 1 unspecified atom stereocenters. The average Bonchev–Trinajstić information content (AvgIpc) is 2.92. The molecule has 1 aliphatic rings. The second-order valence-corrected chi connectivity index (χ2v) is 7.59. The van der Waals surface area contributed by atoms with Crippen molar-refractivity contribution in [1.82, 2.24) is 0 Å². The molecular formula is C18H19ClN2O2S. The van der Waals surface area contributed by atoms with Gasteiger partial charge in [0.1, 0.15) is 5.00 Å². The molecule has 0 saturated heterocycles. The molecule has 2 amide bonds. The van der Waals surface area contributed by atoms with Crippen molar-refractivity contribution in [2.24, 2.45) is 11.7 Å². The van der Waals surface area contributed by atoms with E-state index in [9.17, 15) is 9.59 Å². The van der Waals surface area contributed by atoms with Crippen LogP contribution in [-0.2, 0) is 12.8 Å². The van der Waals surface area contributed by atoms with E-state index in [1.54, 1.807) is 24.3 Å². The number of nitrogens with two attached hydrogens (primary N) is 1. The molecule has 0 fully saturated rings. The molecule has 1 aliphatic carbocycles. The van der Waals surface area contributed by atoms with Crippen molar-refractivity contribution in [3.05, 3.63) is 50.9 Å². The van der Waals surface area contributed by atoms with Gasteiger partial charge in [0.15, 0.2) is 0 Å². The molecule has 3 N–H and O–H groups in total. The van der Waals surface area contributed by atoms with Crippen molar-refractivity contribution >= 4 is 39.8 Å². The second-order valence-electron chi connectivity index (χ2n) is 6.05. The third-order valence-corrected chi connectivity index (χ3v) is 5.95. The zero-order valence-corrected chi connectivity index (χ0v) is 15.0.